The minimum absolute atomic E-state index is 0.0583. The fraction of sp³-hybridized carbons (Fsp3) is 0.389. The Morgan fingerprint density at radius 3 is 2.46 bits per heavy atom. The molecule has 0 spiro atoms. The highest BCUT2D eigenvalue weighted by molar-refractivity contribution is 5.95. The van der Waals surface area contributed by atoms with Crippen LogP contribution in [0.1, 0.15) is 23.6 Å². The van der Waals surface area contributed by atoms with Crippen LogP contribution < -0.4 is 15.8 Å². The fourth-order valence-electron chi connectivity index (χ4n) is 2.79. The van der Waals surface area contributed by atoms with Crippen LogP contribution >= 0.6 is 0 Å². The van der Waals surface area contributed by atoms with Gasteiger partial charge in [0.05, 0.1) is 6.54 Å². The molecular weight excluding hydrogens is 304 g/mol. The van der Waals surface area contributed by atoms with Crippen LogP contribution in [0.3, 0.4) is 0 Å². The molecule has 1 N–H and O–H groups in total. The van der Waals surface area contributed by atoms with Crippen molar-refractivity contribution in [2.24, 2.45) is 0 Å². The van der Waals surface area contributed by atoms with E-state index in [4.69, 9.17) is 0 Å². The molecule has 24 heavy (non-hydrogen) atoms. The SMILES string of the molecule is CCn1ccnc(N(C)CC(=O)Nc2c(C)cc(C)cc2C)c1=O. The molecule has 0 unspecified atom stereocenters. The first-order valence-electron chi connectivity index (χ1n) is 7.97. The number of hydrogen-bond acceptors (Lipinski definition) is 4. The quantitative estimate of drug-likeness (QED) is 0.914. The zero-order valence-corrected chi connectivity index (χ0v) is 14.9. The molecule has 0 fully saturated rings. The normalized spacial score (nSPS) is 10.5. The number of likely N-dealkylation sites (N-methyl/N-ethyl adjacent to an activating group) is 1. The van der Waals surface area contributed by atoms with Crippen molar-refractivity contribution in [1.82, 2.24) is 9.55 Å². The van der Waals surface area contributed by atoms with Crippen molar-refractivity contribution in [3.63, 3.8) is 0 Å². The average molecular weight is 328 g/mol. The molecule has 0 atom stereocenters. The average Bonchev–Trinajstić information content (AvgIpc) is 2.51. The van der Waals surface area contributed by atoms with Gasteiger partial charge in [0.2, 0.25) is 5.91 Å². The van der Waals surface area contributed by atoms with E-state index in [0.29, 0.717) is 6.54 Å². The Bertz CT molecular complexity index is 788. The van der Waals surface area contributed by atoms with Crippen LogP contribution in [0.4, 0.5) is 11.5 Å². The molecule has 1 amide bonds. The number of anilines is 2. The van der Waals surface area contributed by atoms with Crippen molar-refractivity contribution in [3.8, 4) is 0 Å². The van der Waals surface area contributed by atoms with Crippen molar-refractivity contribution < 1.29 is 4.79 Å². The molecule has 0 aliphatic heterocycles. The van der Waals surface area contributed by atoms with E-state index in [-0.39, 0.29) is 23.8 Å². The molecule has 6 heteroatoms. The predicted octanol–water partition coefficient (Wildman–Crippen LogP) is 2.26. The molecule has 0 aliphatic carbocycles. The zero-order valence-electron chi connectivity index (χ0n) is 14.9. The Balaban J connectivity index is 2.15. The fourth-order valence-corrected chi connectivity index (χ4v) is 2.79. The summed E-state index contributed by atoms with van der Waals surface area (Å²) in [5.74, 6) is 0.0903. The van der Waals surface area contributed by atoms with Crippen LogP contribution in [-0.4, -0.2) is 29.1 Å². The van der Waals surface area contributed by atoms with E-state index in [1.807, 2.05) is 39.8 Å². The predicted molar refractivity (Wildman–Crippen MR) is 96.7 cm³/mol. The highest BCUT2D eigenvalue weighted by Crippen LogP contribution is 2.21. The molecule has 0 aliphatic rings. The lowest BCUT2D eigenvalue weighted by molar-refractivity contribution is -0.114. The third-order valence-electron chi connectivity index (χ3n) is 3.92. The lowest BCUT2D eigenvalue weighted by Gasteiger charge is -2.19. The van der Waals surface area contributed by atoms with E-state index >= 15 is 0 Å². The molecule has 0 saturated heterocycles. The number of hydrogen-bond donors (Lipinski definition) is 1. The first-order chi connectivity index (χ1) is 11.3. The number of carbonyl (C=O) groups excluding carboxylic acids is 1. The van der Waals surface area contributed by atoms with Gasteiger partial charge in [0, 0.05) is 31.7 Å². The summed E-state index contributed by atoms with van der Waals surface area (Å²) >= 11 is 0. The van der Waals surface area contributed by atoms with Crippen molar-refractivity contribution in [2.75, 3.05) is 23.8 Å². The first kappa shape index (κ1) is 17.7. The topological polar surface area (TPSA) is 67.2 Å². The van der Waals surface area contributed by atoms with E-state index in [9.17, 15) is 9.59 Å². The number of aryl methyl sites for hydroxylation is 4. The maximum Gasteiger partial charge on any atom is 0.293 e. The molecule has 0 saturated carbocycles. The van der Waals surface area contributed by atoms with Gasteiger partial charge >= 0.3 is 0 Å². The van der Waals surface area contributed by atoms with Crippen LogP contribution in [0.5, 0.6) is 0 Å². The van der Waals surface area contributed by atoms with Crippen molar-refractivity contribution in [3.05, 3.63) is 51.6 Å². The minimum Gasteiger partial charge on any atom is -0.346 e. The second-order valence-corrected chi connectivity index (χ2v) is 6.02. The maximum absolute atomic E-state index is 12.4. The molecule has 128 valence electrons. The number of benzene rings is 1. The van der Waals surface area contributed by atoms with Gasteiger partial charge in [-0.05, 0) is 38.8 Å². The summed E-state index contributed by atoms with van der Waals surface area (Å²) in [5, 5.41) is 2.94. The van der Waals surface area contributed by atoms with Gasteiger partial charge in [-0.1, -0.05) is 17.7 Å². The molecule has 1 aromatic carbocycles. The van der Waals surface area contributed by atoms with Gasteiger partial charge in [-0.25, -0.2) is 4.98 Å². The molecule has 0 bridgehead atoms. The molecule has 1 aromatic heterocycles. The Labute approximate surface area is 142 Å². The Morgan fingerprint density at radius 2 is 1.88 bits per heavy atom. The van der Waals surface area contributed by atoms with E-state index in [0.717, 1.165) is 22.4 Å². The van der Waals surface area contributed by atoms with Gasteiger partial charge in [0.1, 0.15) is 0 Å². The number of carbonyl (C=O) groups is 1. The van der Waals surface area contributed by atoms with Gasteiger partial charge in [0.25, 0.3) is 5.56 Å². The Kier molecular flexibility index (Phi) is 5.39. The summed E-state index contributed by atoms with van der Waals surface area (Å²) < 4.78 is 1.56. The minimum atomic E-state index is -0.196. The molecule has 6 nitrogen and oxygen atoms in total. The van der Waals surface area contributed by atoms with Crippen molar-refractivity contribution in [1.29, 1.82) is 0 Å². The van der Waals surface area contributed by atoms with E-state index in [1.54, 1.807) is 28.9 Å². The summed E-state index contributed by atoms with van der Waals surface area (Å²) in [6, 6.07) is 4.07. The number of rotatable bonds is 5. The van der Waals surface area contributed by atoms with Crippen molar-refractivity contribution >= 4 is 17.4 Å². The lowest BCUT2D eigenvalue weighted by Crippen LogP contribution is -2.36. The van der Waals surface area contributed by atoms with Gasteiger partial charge in [-0.15, -0.1) is 0 Å². The second-order valence-electron chi connectivity index (χ2n) is 6.02. The summed E-state index contributed by atoms with van der Waals surface area (Å²) in [6.07, 6.45) is 3.21. The summed E-state index contributed by atoms with van der Waals surface area (Å²) in [6.45, 7) is 8.48. The van der Waals surface area contributed by atoms with E-state index in [2.05, 4.69) is 10.3 Å². The van der Waals surface area contributed by atoms with E-state index in [1.165, 1.54) is 0 Å². The highest BCUT2D eigenvalue weighted by Gasteiger charge is 2.14. The largest absolute Gasteiger partial charge is 0.346 e. The maximum atomic E-state index is 12.4. The molecule has 1 heterocycles. The van der Waals surface area contributed by atoms with Crippen LogP contribution in [0.2, 0.25) is 0 Å². The summed E-state index contributed by atoms with van der Waals surface area (Å²) in [5.41, 5.74) is 3.84. The number of nitrogens with one attached hydrogen (secondary N) is 1. The molecular formula is C18H24N4O2. The summed E-state index contributed by atoms with van der Waals surface area (Å²) in [4.78, 5) is 30.3. The van der Waals surface area contributed by atoms with E-state index < -0.39 is 0 Å². The van der Waals surface area contributed by atoms with Gasteiger partial charge in [0.15, 0.2) is 5.82 Å². The van der Waals surface area contributed by atoms with Crippen LogP contribution in [-0.2, 0) is 11.3 Å². The Morgan fingerprint density at radius 1 is 1.25 bits per heavy atom. The van der Waals surface area contributed by atoms with Crippen LogP contribution in [0.15, 0.2) is 29.3 Å². The van der Waals surface area contributed by atoms with Gasteiger partial charge in [-0.3, -0.25) is 9.59 Å². The first-order valence-corrected chi connectivity index (χ1v) is 7.97. The monoisotopic (exact) mass is 328 g/mol. The Hall–Kier alpha value is -2.63. The molecule has 2 aromatic rings. The standard InChI is InChI=1S/C18H24N4O2/c1-6-22-8-7-19-17(18(22)24)21(5)11-15(23)20-16-13(3)9-12(2)10-14(16)4/h7-10H,6,11H2,1-5H3,(H,20,23). The molecule has 0 radical (unpaired) electrons. The lowest BCUT2D eigenvalue weighted by atomic mass is 10.1. The molecule has 2 rings (SSSR count). The smallest absolute Gasteiger partial charge is 0.293 e. The van der Waals surface area contributed by atoms with Gasteiger partial charge in [-0.2, -0.15) is 0 Å². The van der Waals surface area contributed by atoms with Crippen LogP contribution in [0, 0.1) is 20.8 Å². The highest BCUT2D eigenvalue weighted by atomic mass is 16.2. The third-order valence-corrected chi connectivity index (χ3v) is 3.92. The van der Waals surface area contributed by atoms with Crippen LogP contribution in [0.25, 0.3) is 0 Å². The van der Waals surface area contributed by atoms with Crippen molar-refractivity contribution in [2.45, 2.75) is 34.2 Å². The third kappa shape index (κ3) is 3.82. The zero-order chi connectivity index (χ0) is 17.9. The second kappa shape index (κ2) is 7.29. The number of nitrogens with zero attached hydrogens (tertiary/aromatic N) is 3. The summed E-state index contributed by atoms with van der Waals surface area (Å²) in [7, 11) is 1.69. The number of aromatic nitrogens is 2. The number of amides is 1. The van der Waals surface area contributed by atoms with Gasteiger partial charge < -0.3 is 14.8 Å².